The number of rotatable bonds is 3. The topological polar surface area (TPSA) is 68.0 Å². The first kappa shape index (κ1) is 16.8. The van der Waals surface area contributed by atoms with Crippen molar-refractivity contribution in [2.45, 2.75) is 13.8 Å². The maximum absolute atomic E-state index is 12.5. The minimum absolute atomic E-state index is 0.0403. The van der Waals surface area contributed by atoms with Crippen molar-refractivity contribution < 1.29 is 9.21 Å². The Morgan fingerprint density at radius 3 is 2.73 bits per heavy atom. The van der Waals surface area contributed by atoms with Gasteiger partial charge in [-0.15, -0.1) is 16.4 Å². The third-order valence-corrected chi connectivity index (χ3v) is 5.67. The smallest absolute Gasteiger partial charge is 0.322 e. The number of hydrogen-bond donors (Lipinski definition) is 1. The molecule has 0 saturated heterocycles. The molecule has 1 amide bonds. The number of halogens is 1. The summed E-state index contributed by atoms with van der Waals surface area (Å²) in [5, 5.41) is 11.9. The molecule has 0 radical (unpaired) electrons. The molecule has 4 aromatic rings. The average Bonchev–Trinajstić information content (AvgIpc) is 3.20. The van der Waals surface area contributed by atoms with Crippen LogP contribution in [0.5, 0.6) is 0 Å². The monoisotopic (exact) mass is 383 g/mol. The number of nitrogens with one attached hydrogen (secondary N) is 1. The Labute approximate surface area is 158 Å². The number of anilines is 1. The zero-order chi connectivity index (χ0) is 18.3. The zero-order valence-electron chi connectivity index (χ0n) is 14.0. The van der Waals surface area contributed by atoms with Gasteiger partial charge in [-0.1, -0.05) is 52.6 Å². The fourth-order valence-electron chi connectivity index (χ4n) is 2.75. The molecular formula is C19H14ClN3O2S. The third-order valence-electron chi connectivity index (χ3n) is 4.00. The van der Waals surface area contributed by atoms with Gasteiger partial charge in [-0.2, -0.15) is 0 Å². The van der Waals surface area contributed by atoms with Crippen molar-refractivity contribution in [3.63, 3.8) is 0 Å². The van der Waals surface area contributed by atoms with E-state index in [0.717, 1.165) is 26.8 Å². The molecule has 1 N–H and O–H groups in total. The average molecular weight is 384 g/mol. The normalized spacial score (nSPS) is 11.0. The number of amides is 1. The second-order valence-electron chi connectivity index (χ2n) is 5.93. The van der Waals surface area contributed by atoms with Gasteiger partial charge in [0.2, 0.25) is 5.89 Å². The van der Waals surface area contributed by atoms with Crippen LogP contribution in [0.2, 0.25) is 5.02 Å². The van der Waals surface area contributed by atoms with E-state index in [1.54, 1.807) is 0 Å². The zero-order valence-corrected chi connectivity index (χ0v) is 15.6. The molecule has 4 rings (SSSR count). The molecule has 0 fully saturated rings. The summed E-state index contributed by atoms with van der Waals surface area (Å²) in [4.78, 5) is 13.0. The van der Waals surface area contributed by atoms with Gasteiger partial charge >= 0.3 is 6.01 Å². The van der Waals surface area contributed by atoms with Gasteiger partial charge in [0.15, 0.2) is 0 Å². The summed E-state index contributed by atoms with van der Waals surface area (Å²) in [6.07, 6.45) is 0. The van der Waals surface area contributed by atoms with Crippen LogP contribution in [-0.2, 0) is 0 Å². The highest BCUT2D eigenvalue weighted by molar-refractivity contribution is 7.21. The van der Waals surface area contributed by atoms with Gasteiger partial charge in [0.1, 0.15) is 4.88 Å². The van der Waals surface area contributed by atoms with E-state index in [1.807, 2.05) is 56.3 Å². The summed E-state index contributed by atoms with van der Waals surface area (Å²) in [7, 11) is 0. The SMILES string of the molecule is Cc1ccc(-c2nnc(NC(=O)c3sc4ccccc4c3Cl)o2)c(C)c1. The molecule has 0 unspecified atom stereocenters. The number of hydrogen-bond acceptors (Lipinski definition) is 5. The van der Waals surface area contributed by atoms with E-state index < -0.39 is 0 Å². The molecular weight excluding hydrogens is 370 g/mol. The summed E-state index contributed by atoms with van der Waals surface area (Å²) >= 11 is 7.66. The molecule has 130 valence electrons. The molecule has 0 saturated carbocycles. The van der Waals surface area contributed by atoms with E-state index in [-0.39, 0.29) is 11.9 Å². The van der Waals surface area contributed by atoms with Crippen LogP contribution in [0.3, 0.4) is 0 Å². The van der Waals surface area contributed by atoms with Crippen LogP contribution in [0.1, 0.15) is 20.8 Å². The highest BCUT2D eigenvalue weighted by atomic mass is 35.5. The quantitative estimate of drug-likeness (QED) is 0.509. The van der Waals surface area contributed by atoms with E-state index in [2.05, 4.69) is 15.5 Å². The maximum atomic E-state index is 12.5. The first-order valence-electron chi connectivity index (χ1n) is 7.92. The van der Waals surface area contributed by atoms with Gasteiger partial charge in [-0.25, -0.2) is 0 Å². The van der Waals surface area contributed by atoms with Crippen molar-refractivity contribution in [1.82, 2.24) is 10.2 Å². The number of aromatic nitrogens is 2. The van der Waals surface area contributed by atoms with Crippen molar-refractivity contribution in [3.05, 3.63) is 63.5 Å². The van der Waals surface area contributed by atoms with Crippen LogP contribution < -0.4 is 5.32 Å². The molecule has 26 heavy (non-hydrogen) atoms. The molecule has 2 aromatic carbocycles. The largest absolute Gasteiger partial charge is 0.403 e. The van der Waals surface area contributed by atoms with Gasteiger partial charge < -0.3 is 4.42 Å². The predicted molar refractivity (Wildman–Crippen MR) is 104 cm³/mol. The van der Waals surface area contributed by atoms with Crippen molar-refractivity contribution >= 4 is 44.9 Å². The fraction of sp³-hybridized carbons (Fsp3) is 0.105. The molecule has 0 spiro atoms. The van der Waals surface area contributed by atoms with Gasteiger partial charge in [0.25, 0.3) is 5.91 Å². The van der Waals surface area contributed by atoms with Gasteiger partial charge in [-0.05, 0) is 31.5 Å². The number of benzene rings is 2. The van der Waals surface area contributed by atoms with E-state index in [9.17, 15) is 4.79 Å². The fourth-order valence-corrected chi connectivity index (χ4v) is 4.16. The Hall–Kier alpha value is -2.70. The third kappa shape index (κ3) is 2.98. The number of carbonyl (C=O) groups excluding carboxylic acids is 1. The summed E-state index contributed by atoms with van der Waals surface area (Å²) in [6.45, 7) is 3.99. The molecule has 0 aliphatic carbocycles. The Bertz CT molecular complexity index is 1130. The van der Waals surface area contributed by atoms with Crippen molar-refractivity contribution in [2.75, 3.05) is 5.32 Å². The minimum Gasteiger partial charge on any atom is -0.403 e. The molecule has 7 heteroatoms. The molecule has 2 heterocycles. The lowest BCUT2D eigenvalue weighted by Gasteiger charge is -2.02. The predicted octanol–water partition coefficient (Wildman–Crippen LogP) is 5.47. The van der Waals surface area contributed by atoms with Gasteiger partial charge in [0, 0.05) is 15.6 Å². The molecule has 0 atom stereocenters. The molecule has 0 aliphatic rings. The first-order chi connectivity index (χ1) is 12.5. The second kappa shape index (κ2) is 6.55. The van der Waals surface area contributed by atoms with Gasteiger partial charge in [-0.3, -0.25) is 10.1 Å². The first-order valence-corrected chi connectivity index (χ1v) is 9.12. The van der Waals surface area contributed by atoms with E-state index >= 15 is 0 Å². The van der Waals surface area contributed by atoms with Crippen LogP contribution in [0.25, 0.3) is 21.5 Å². The van der Waals surface area contributed by atoms with Crippen molar-refractivity contribution in [3.8, 4) is 11.5 Å². The number of thiophene rings is 1. The number of aryl methyl sites for hydroxylation is 2. The Kier molecular flexibility index (Phi) is 4.22. The van der Waals surface area contributed by atoms with E-state index in [0.29, 0.717) is 15.8 Å². The maximum Gasteiger partial charge on any atom is 0.322 e. The summed E-state index contributed by atoms with van der Waals surface area (Å²) < 4.78 is 6.55. The lowest BCUT2D eigenvalue weighted by atomic mass is 10.1. The van der Waals surface area contributed by atoms with Crippen molar-refractivity contribution in [2.24, 2.45) is 0 Å². The van der Waals surface area contributed by atoms with Crippen molar-refractivity contribution in [1.29, 1.82) is 0 Å². The highest BCUT2D eigenvalue weighted by Gasteiger charge is 2.19. The van der Waals surface area contributed by atoms with Crippen LogP contribution in [0.15, 0.2) is 46.9 Å². The number of nitrogens with zero attached hydrogens (tertiary/aromatic N) is 2. The van der Waals surface area contributed by atoms with Gasteiger partial charge in [0.05, 0.1) is 5.02 Å². The molecule has 5 nitrogen and oxygen atoms in total. The standard InChI is InChI=1S/C19H14ClN3O2S/c1-10-7-8-12(11(2)9-10)18-22-23-19(25-18)21-17(24)16-15(20)13-5-3-4-6-14(13)26-16/h3-9H,1-2H3,(H,21,23,24). The molecule has 2 aromatic heterocycles. The summed E-state index contributed by atoms with van der Waals surface area (Å²) in [5.74, 6) is -0.00716. The number of fused-ring (bicyclic) bond motifs is 1. The van der Waals surface area contributed by atoms with E-state index in [4.69, 9.17) is 16.0 Å². The van der Waals surface area contributed by atoms with Crippen LogP contribution in [0.4, 0.5) is 6.01 Å². The lowest BCUT2D eigenvalue weighted by molar-refractivity contribution is 0.102. The Morgan fingerprint density at radius 1 is 1.15 bits per heavy atom. The summed E-state index contributed by atoms with van der Waals surface area (Å²) in [5.41, 5.74) is 3.02. The highest BCUT2D eigenvalue weighted by Crippen LogP contribution is 2.35. The Morgan fingerprint density at radius 2 is 1.96 bits per heavy atom. The van der Waals surface area contributed by atoms with Crippen LogP contribution >= 0.6 is 22.9 Å². The van der Waals surface area contributed by atoms with Crippen LogP contribution in [-0.4, -0.2) is 16.1 Å². The minimum atomic E-state index is -0.368. The van der Waals surface area contributed by atoms with E-state index in [1.165, 1.54) is 11.3 Å². The lowest BCUT2D eigenvalue weighted by Crippen LogP contribution is -2.10. The summed E-state index contributed by atoms with van der Waals surface area (Å²) in [6, 6.07) is 13.6. The second-order valence-corrected chi connectivity index (χ2v) is 7.36. The number of carbonyl (C=O) groups is 1. The molecule has 0 aliphatic heterocycles. The molecule has 0 bridgehead atoms. The van der Waals surface area contributed by atoms with Crippen LogP contribution in [0, 0.1) is 13.8 Å². The Balaban J connectivity index is 1.60.